The zero-order valence-corrected chi connectivity index (χ0v) is 7.70. The molecule has 0 aromatic carbocycles. The fourth-order valence-corrected chi connectivity index (χ4v) is 1.45. The van der Waals surface area contributed by atoms with E-state index in [1.54, 1.807) is 18.1 Å². The van der Waals surface area contributed by atoms with Gasteiger partial charge in [0, 0.05) is 12.6 Å². The van der Waals surface area contributed by atoms with Gasteiger partial charge in [0.25, 0.3) is 0 Å². The highest BCUT2D eigenvalue weighted by Gasteiger charge is 2.02. The Bertz CT molecular complexity index is 227. The molecule has 1 aromatic heterocycles. The van der Waals surface area contributed by atoms with Gasteiger partial charge in [-0.15, -0.1) is 11.8 Å². The number of hydrogen-bond acceptors (Lipinski definition) is 4. The molecule has 4 heteroatoms. The molecule has 0 saturated heterocycles. The van der Waals surface area contributed by atoms with E-state index < -0.39 is 0 Å². The summed E-state index contributed by atoms with van der Waals surface area (Å²) in [4.78, 5) is 8.19. The Labute approximate surface area is 70.6 Å². The summed E-state index contributed by atoms with van der Waals surface area (Å²) in [6.45, 7) is 2.01. The topological polar surface area (TPSA) is 37.8 Å². The molecule has 1 rings (SSSR count). The Balaban J connectivity index is 3.10. The zero-order chi connectivity index (χ0) is 8.27. The van der Waals surface area contributed by atoms with Gasteiger partial charge in [-0.3, -0.25) is 0 Å². The molecule has 0 amide bonds. The highest BCUT2D eigenvalue weighted by molar-refractivity contribution is 7.98. The monoisotopic (exact) mass is 169 g/mol. The smallest absolute Gasteiger partial charge is 0.133 e. The third-order valence-electron chi connectivity index (χ3n) is 1.47. The van der Waals surface area contributed by atoms with Crippen LogP contribution in [0.15, 0.2) is 11.4 Å². The van der Waals surface area contributed by atoms with Crippen LogP contribution in [0, 0.1) is 6.92 Å². The van der Waals surface area contributed by atoms with Gasteiger partial charge in [-0.05, 0) is 13.2 Å². The lowest BCUT2D eigenvalue weighted by Crippen LogP contribution is -1.97. The first kappa shape index (κ1) is 8.33. The molecule has 3 nitrogen and oxygen atoms in total. The second-order valence-corrected chi connectivity index (χ2v) is 2.90. The predicted molar refractivity (Wildman–Crippen MR) is 48.1 cm³/mol. The van der Waals surface area contributed by atoms with Crippen molar-refractivity contribution < 1.29 is 0 Å². The third-order valence-corrected chi connectivity index (χ3v) is 2.27. The molecule has 0 aliphatic carbocycles. The SMILES string of the molecule is CNc1ncnc(SC)c1C. The fourth-order valence-electron chi connectivity index (χ4n) is 0.892. The molecule has 0 saturated carbocycles. The molecule has 0 atom stereocenters. The number of rotatable bonds is 2. The van der Waals surface area contributed by atoms with Gasteiger partial charge in [-0.25, -0.2) is 9.97 Å². The minimum atomic E-state index is 0.907. The van der Waals surface area contributed by atoms with Crippen LogP contribution in [0.25, 0.3) is 0 Å². The molecule has 1 aromatic rings. The summed E-state index contributed by atoms with van der Waals surface area (Å²) in [5.41, 5.74) is 1.11. The number of anilines is 1. The van der Waals surface area contributed by atoms with Gasteiger partial charge in [0.1, 0.15) is 17.2 Å². The van der Waals surface area contributed by atoms with Crippen LogP contribution in [0.3, 0.4) is 0 Å². The lowest BCUT2D eigenvalue weighted by Gasteiger charge is -2.05. The van der Waals surface area contributed by atoms with Gasteiger partial charge >= 0.3 is 0 Å². The highest BCUT2D eigenvalue weighted by Crippen LogP contribution is 2.20. The van der Waals surface area contributed by atoms with Gasteiger partial charge in [0.15, 0.2) is 0 Å². The van der Waals surface area contributed by atoms with E-state index >= 15 is 0 Å². The van der Waals surface area contributed by atoms with Crippen molar-refractivity contribution in [2.24, 2.45) is 0 Å². The average Bonchev–Trinajstić information content (AvgIpc) is 2.05. The van der Waals surface area contributed by atoms with Crippen molar-refractivity contribution >= 4 is 17.6 Å². The lowest BCUT2D eigenvalue weighted by atomic mass is 10.3. The summed E-state index contributed by atoms with van der Waals surface area (Å²) >= 11 is 1.63. The predicted octanol–water partition coefficient (Wildman–Crippen LogP) is 1.55. The Morgan fingerprint density at radius 1 is 1.45 bits per heavy atom. The van der Waals surface area contributed by atoms with Crippen LogP contribution < -0.4 is 5.32 Å². The largest absolute Gasteiger partial charge is 0.373 e. The molecule has 0 bridgehead atoms. The first-order chi connectivity index (χ1) is 5.29. The van der Waals surface area contributed by atoms with E-state index in [-0.39, 0.29) is 0 Å². The number of aromatic nitrogens is 2. The molecule has 0 spiro atoms. The highest BCUT2D eigenvalue weighted by atomic mass is 32.2. The molecule has 0 aliphatic rings. The summed E-state index contributed by atoms with van der Waals surface area (Å²) < 4.78 is 0. The van der Waals surface area contributed by atoms with E-state index in [2.05, 4.69) is 15.3 Å². The minimum Gasteiger partial charge on any atom is -0.373 e. The van der Waals surface area contributed by atoms with Gasteiger partial charge in [0.05, 0.1) is 0 Å². The number of nitrogens with zero attached hydrogens (tertiary/aromatic N) is 2. The van der Waals surface area contributed by atoms with Crippen molar-refractivity contribution in [2.75, 3.05) is 18.6 Å². The second kappa shape index (κ2) is 3.57. The Morgan fingerprint density at radius 3 is 2.73 bits per heavy atom. The summed E-state index contributed by atoms with van der Waals surface area (Å²) in [5.74, 6) is 0.907. The van der Waals surface area contributed by atoms with Gasteiger partial charge in [-0.2, -0.15) is 0 Å². The Kier molecular flexibility index (Phi) is 2.70. The maximum absolute atomic E-state index is 4.12. The zero-order valence-electron chi connectivity index (χ0n) is 6.88. The fraction of sp³-hybridized carbons (Fsp3) is 0.429. The molecule has 1 heterocycles. The summed E-state index contributed by atoms with van der Waals surface area (Å²) in [6.07, 6.45) is 3.58. The van der Waals surface area contributed by atoms with Gasteiger partial charge in [0.2, 0.25) is 0 Å². The maximum Gasteiger partial charge on any atom is 0.133 e. The lowest BCUT2D eigenvalue weighted by molar-refractivity contribution is 1.01. The van der Waals surface area contributed by atoms with Crippen LogP contribution in [0.1, 0.15) is 5.56 Å². The molecule has 0 aliphatic heterocycles. The van der Waals surface area contributed by atoms with Crippen LogP contribution in [-0.4, -0.2) is 23.3 Å². The van der Waals surface area contributed by atoms with Crippen molar-refractivity contribution in [3.8, 4) is 0 Å². The molecule has 0 fully saturated rings. The molecular formula is C7H11N3S. The van der Waals surface area contributed by atoms with Crippen molar-refractivity contribution in [2.45, 2.75) is 11.9 Å². The molecule has 0 unspecified atom stereocenters. The Morgan fingerprint density at radius 2 is 2.18 bits per heavy atom. The molecule has 0 radical (unpaired) electrons. The maximum atomic E-state index is 4.12. The summed E-state index contributed by atoms with van der Waals surface area (Å²) in [7, 11) is 1.86. The third kappa shape index (κ3) is 1.63. The second-order valence-electron chi connectivity index (χ2n) is 2.11. The number of hydrogen-bond donors (Lipinski definition) is 1. The van der Waals surface area contributed by atoms with E-state index in [0.29, 0.717) is 0 Å². The van der Waals surface area contributed by atoms with Gasteiger partial charge < -0.3 is 5.32 Å². The Hall–Kier alpha value is -0.770. The molecule has 60 valence electrons. The van der Waals surface area contributed by atoms with E-state index in [1.165, 1.54) is 0 Å². The quantitative estimate of drug-likeness (QED) is 0.538. The average molecular weight is 169 g/mol. The normalized spacial score (nSPS) is 9.73. The standard InChI is InChI=1S/C7H11N3S/c1-5-6(8-2)9-4-10-7(5)11-3/h4H,1-3H3,(H,8,9,10). The van der Waals surface area contributed by atoms with Crippen molar-refractivity contribution in [1.82, 2.24) is 9.97 Å². The van der Waals surface area contributed by atoms with Gasteiger partial charge in [-0.1, -0.05) is 0 Å². The first-order valence-corrected chi connectivity index (χ1v) is 4.55. The number of nitrogens with one attached hydrogen (secondary N) is 1. The van der Waals surface area contributed by atoms with E-state index in [9.17, 15) is 0 Å². The van der Waals surface area contributed by atoms with E-state index in [1.807, 2.05) is 20.2 Å². The van der Waals surface area contributed by atoms with Crippen LogP contribution in [0.4, 0.5) is 5.82 Å². The summed E-state index contributed by atoms with van der Waals surface area (Å²) in [6, 6.07) is 0. The summed E-state index contributed by atoms with van der Waals surface area (Å²) in [5, 5.41) is 4.04. The van der Waals surface area contributed by atoms with Crippen LogP contribution in [0.5, 0.6) is 0 Å². The van der Waals surface area contributed by atoms with Crippen molar-refractivity contribution in [3.05, 3.63) is 11.9 Å². The first-order valence-electron chi connectivity index (χ1n) is 3.33. The van der Waals surface area contributed by atoms with E-state index in [4.69, 9.17) is 0 Å². The van der Waals surface area contributed by atoms with Crippen LogP contribution in [-0.2, 0) is 0 Å². The molecular weight excluding hydrogens is 158 g/mol. The molecule has 11 heavy (non-hydrogen) atoms. The minimum absolute atomic E-state index is 0.907. The molecule has 1 N–H and O–H groups in total. The van der Waals surface area contributed by atoms with Crippen LogP contribution >= 0.6 is 11.8 Å². The van der Waals surface area contributed by atoms with E-state index in [0.717, 1.165) is 16.4 Å². The van der Waals surface area contributed by atoms with Crippen molar-refractivity contribution in [3.63, 3.8) is 0 Å². The van der Waals surface area contributed by atoms with Crippen molar-refractivity contribution in [1.29, 1.82) is 0 Å². The number of thioether (sulfide) groups is 1. The van der Waals surface area contributed by atoms with Crippen LogP contribution in [0.2, 0.25) is 0 Å².